The third kappa shape index (κ3) is 3.78. The Kier molecular flexibility index (Phi) is 5.40. The highest BCUT2D eigenvalue weighted by molar-refractivity contribution is 6.07. The van der Waals surface area contributed by atoms with Gasteiger partial charge >= 0.3 is 0 Å². The number of benzene rings is 2. The Hall–Kier alpha value is -3.06. The number of fused-ring (bicyclic) bond motifs is 1. The van der Waals surface area contributed by atoms with Crippen LogP contribution in [-0.4, -0.2) is 35.0 Å². The Labute approximate surface area is 168 Å². The summed E-state index contributed by atoms with van der Waals surface area (Å²) in [4.78, 5) is 21.1. The van der Waals surface area contributed by atoms with E-state index in [0.29, 0.717) is 41.3 Å². The summed E-state index contributed by atoms with van der Waals surface area (Å²) in [7, 11) is 0. The molecule has 1 fully saturated rings. The fourth-order valence-electron chi connectivity index (χ4n) is 4.00. The zero-order chi connectivity index (χ0) is 20.4. The topological polar surface area (TPSA) is 92.9 Å². The molecule has 1 amide bonds. The van der Waals surface area contributed by atoms with Gasteiger partial charge in [0.05, 0.1) is 11.1 Å². The van der Waals surface area contributed by atoms with Crippen molar-refractivity contribution in [2.24, 2.45) is 5.73 Å². The third-order valence-electron chi connectivity index (χ3n) is 5.46. The van der Waals surface area contributed by atoms with Crippen LogP contribution in [-0.2, 0) is 6.42 Å². The van der Waals surface area contributed by atoms with Crippen LogP contribution in [0.2, 0.25) is 0 Å². The molecule has 150 valence electrons. The lowest BCUT2D eigenvalue weighted by Gasteiger charge is -2.34. The van der Waals surface area contributed by atoms with Gasteiger partial charge in [-0.1, -0.05) is 31.2 Å². The molecule has 0 saturated carbocycles. The van der Waals surface area contributed by atoms with E-state index in [1.54, 1.807) is 18.2 Å². The Bertz CT molecular complexity index is 1050. The number of anilines is 1. The van der Waals surface area contributed by atoms with E-state index < -0.39 is 5.91 Å². The van der Waals surface area contributed by atoms with Crippen LogP contribution >= 0.6 is 0 Å². The fourth-order valence-corrected chi connectivity index (χ4v) is 4.00. The van der Waals surface area contributed by atoms with Gasteiger partial charge in [-0.3, -0.25) is 4.79 Å². The molecule has 0 bridgehead atoms. The molecular weight excluding hydrogens is 369 g/mol. The summed E-state index contributed by atoms with van der Waals surface area (Å²) < 4.78 is 14.5. The summed E-state index contributed by atoms with van der Waals surface area (Å²) >= 11 is 0. The van der Waals surface area contributed by atoms with E-state index in [2.05, 4.69) is 20.6 Å². The molecule has 1 aromatic heterocycles. The number of amides is 1. The second kappa shape index (κ2) is 8.13. The molecule has 2 heterocycles. The van der Waals surface area contributed by atoms with E-state index >= 15 is 0 Å². The number of carbonyl (C=O) groups is 1. The number of nitrogens with zero attached hydrogens (tertiary/aromatic N) is 2. The summed E-state index contributed by atoms with van der Waals surface area (Å²) in [6, 6.07) is 12.2. The average Bonchev–Trinajstić information content (AvgIpc) is 2.74. The van der Waals surface area contributed by atoms with E-state index in [1.165, 1.54) is 6.07 Å². The summed E-state index contributed by atoms with van der Waals surface area (Å²) in [6.07, 6.45) is 1.44. The highest BCUT2D eigenvalue weighted by Crippen LogP contribution is 2.31. The molecular formula is C22H24FN5O. The zero-order valence-electron chi connectivity index (χ0n) is 16.3. The number of piperidine rings is 1. The van der Waals surface area contributed by atoms with Crippen LogP contribution in [0.4, 0.5) is 10.2 Å². The van der Waals surface area contributed by atoms with Gasteiger partial charge in [-0.05, 0) is 36.7 Å². The van der Waals surface area contributed by atoms with E-state index in [9.17, 15) is 9.18 Å². The Balaban J connectivity index is 1.77. The molecule has 0 radical (unpaired) electrons. The molecule has 2 atom stereocenters. The van der Waals surface area contributed by atoms with Gasteiger partial charge in [-0.25, -0.2) is 14.4 Å². The number of aryl methyl sites for hydroxylation is 1. The van der Waals surface area contributed by atoms with Crippen LogP contribution < -0.4 is 16.4 Å². The quantitative estimate of drug-likeness (QED) is 0.620. The lowest BCUT2D eigenvalue weighted by molar-refractivity contribution is 0.100. The maximum atomic E-state index is 14.5. The van der Waals surface area contributed by atoms with E-state index in [1.807, 2.05) is 25.1 Å². The molecule has 1 saturated heterocycles. The minimum atomic E-state index is -0.522. The highest BCUT2D eigenvalue weighted by atomic mass is 19.1. The number of hydrogen-bond acceptors (Lipinski definition) is 5. The molecule has 7 heteroatoms. The van der Waals surface area contributed by atoms with Gasteiger partial charge in [0.25, 0.3) is 5.91 Å². The van der Waals surface area contributed by atoms with Gasteiger partial charge < -0.3 is 16.4 Å². The van der Waals surface area contributed by atoms with Crippen molar-refractivity contribution in [2.45, 2.75) is 31.7 Å². The van der Waals surface area contributed by atoms with Crippen molar-refractivity contribution in [2.75, 3.05) is 18.4 Å². The van der Waals surface area contributed by atoms with Crippen molar-refractivity contribution >= 4 is 22.6 Å². The smallest absolute Gasteiger partial charge is 0.250 e. The van der Waals surface area contributed by atoms with Crippen molar-refractivity contribution in [1.29, 1.82) is 0 Å². The minimum absolute atomic E-state index is 0.00636. The number of halogens is 1. The number of aromatic nitrogens is 2. The number of rotatable bonds is 5. The first-order valence-corrected chi connectivity index (χ1v) is 9.89. The van der Waals surface area contributed by atoms with Crippen LogP contribution in [0.15, 0.2) is 42.5 Å². The van der Waals surface area contributed by atoms with Crippen molar-refractivity contribution in [1.82, 2.24) is 15.3 Å². The number of carbonyl (C=O) groups excluding carboxylic acids is 1. The largest absolute Gasteiger partial charge is 0.366 e. The minimum Gasteiger partial charge on any atom is -0.366 e. The predicted octanol–water partition coefficient (Wildman–Crippen LogP) is 2.99. The van der Waals surface area contributed by atoms with Crippen LogP contribution in [0, 0.1) is 5.82 Å². The van der Waals surface area contributed by atoms with E-state index in [4.69, 9.17) is 5.73 Å². The van der Waals surface area contributed by atoms with E-state index in [-0.39, 0.29) is 17.8 Å². The van der Waals surface area contributed by atoms with Crippen LogP contribution in [0.1, 0.15) is 41.0 Å². The normalized spacial score (nSPS) is 19.2. The number of nitrogens with one attached hydrogen (secondary N) is 2. The molecule has 3 aromatic rings. The Morgan fingerprint density at radius 1 is 1.24 bits per heavy atom. The van der Waals surface area contributed by atoms with Crippen molar-refractivity contribution in [3.05, 3.63) is 65.2 Å². The maximum Gasteiger partial charge on any atom is 0.250 e. The first kappa shape index (κ1) is 19.3. The number of para-hydroxylation sites is 1. The maximum absolute atomic E-state index is 14.5. The second-order valence-electron chi connectivity index (χ2n) is 7.28. The number of primary amides is 1. The zero-order valence-corrected chi connectivity index (χ0v) is 16.3. The van der Waals surface area contributed by atoms with Crippen LogP contribution in [0.25, 0.3) is 10.9 Å². The van der Waals surface area contributed by atoms with Crippen LogP contribution in [0.3, 0.4) is 0 Å². The summed E-state index contributed by atoms with van der Waals surface area (Å²) in [5.74, 6) is 0.562. The first-order valence-electron chi connectivity index (χ1n) is 9.89. The molecule has 6 nitrogen and oxygen atoms in total. The molecule has 1 aliphatic heterocycles. The predicted molar refractivity (Wildman–Crippen MR) is 111 cm³/mol. The molecule has 1 unspecified atom stereocenters. The second-order valence-corrected chi connectivity index (χ2v) is 7.28. The standard InChI is InChI=1S/C22H24FN5O/c1-2-19-27-20-15(21(24)29)7-5-8-16(20)22(28-19)26-18-12-25-11-10-14(18)13-6-3-4-9-17(13)23/h3-9,14,18,25H,2,10-12H2,1H3,(H2,24,29)(H,26,27,28)/t14-,18?/m1/s1. The molecule has 29 heavy (non-hydrogen) atoms. The summed E-state index contributed by atoms with van der Waals surface area (Å²) in [5.41, 5.74) is 7.17. The highest BCUT2D eigenvalue weighted by Gasteiger charge is 2.29. The van der Waals surface area contributed by atoms with Crippen molar-refractivity contribution in [3.8, 4) is 0 Å². The van der Waals surface area contributed by atoms with Gasteiger partial charge in [-0.15, -0.1) is 0 Å². The molecule has 4 N–H and O–H groups in total. The molecule has 4 rings (SSSR count). The van der Waals surface area contributed by atoms with E-state index in [0.717, 1.165) is 18.4 Å². The number of hydrogen-bond donors (Lipinski definition) is 3. The lowest BCUT2D eigenvalue weighted by Crippen LogP contribution is -2.44. The summed E-state index contributed by atoms with van der Waals surface area (Å²) in [5, 5.41) is 7.62. The average molecular weight is 393 g/mol. The Morgan fingerprint density at radius 2 is 2.07 bits per heavy atom. The molecule has 0 spiro atoms. The molecule has 2 aromatic carbocycles. The molecule has 1 aliphatic rings. The van der Waals surface area contributed by atoms with Crippen molar-refractivity contribution < 1.29 is 9.18 Å². The number of nitrogens with two attached hydrogens (primary N) is 1. The fraction of sp³-hybridized carbons (Fsp3) is 0.318. The van der Waals surface area contributed by atoms with Gasteiger partial charge in [0.15, 0.2) is 0 Å². The first-order chi connectivity index (χ1) is 14.1. The SMILES string of the molecule is CCc1nc(NC2CNCC[C@@H]2c2ccccc2F)c2cccc(C(N)=O)c2n1. The van der Waals surface area contributed by atoms with Gasteiger partial charge in [0.2, 0.25) is 0 Å². The lowest BCUT2D eigenvalue weighted by atomic mass is 9.85. The van der Waals surface area contributed by atoms with Gasteiger partial charge in [0.1, 0.15) is 17.5 Å². The summed E-state index contributed by atoms with van der Waals surface area (Å²) in [6.45, 7) is 3.47. The third-order valence-corrected chi connectivity index (χ3v) is 5.46. The van der Waals surface area contributed by atoms with Crippen LogP contribution in [0.5, 0.6) is 0 Å². The van der Waals surface area contributed by atoms with Gasteiger partial charge in [0, 0.05) is 30.3 Å². The van der Waals surface area contributed by atoms with Crippen molar-refractivity contribution in [3.63, 3.8) is 0 Å². The molecule has 0 aliphatic carbocycles. The van der Waals surface area contributed by atoms with Gasteiger partial charge in [-0.2, -0.15) is 0 Å². The Morgan fingerprint density at radius 3 is 2.83 bits per heavy atom. The monoisotopic (exact) mass is 393 g/mol.